The molecule has 14 heavy (non-hydrogen) atoms. The van der Waals surface area contributed by atoms with Gasteiger partial charge in [0.15, 0.2) is 0 Å². The lowest BCUT2D eigenvalue weighted by Crippen LogP contribution is -2.26. The Kier molecular flexibility index (Phi) is 7.42. The molecule has 0 aliphatic heterocycles. The third kappa shape index (κ3) is 8.01. The summed E-state index contributed by atoms with van der Waals surface area (Å²) in [5, 5.41) is 0. The molecule has 0 saturated carbocycles. The minimum Gasteiger partial charge on any atom is -0.382 e. The van der Waals surface area contributed by atoms with Crippen molar-refractivity contribution in [3.63, 3.8) is 0 Å². The van der Waals surface area contributed by atoms with Crippen LogP contribution in [0.4, 0.5) is 0 Å². The SMILES string of the molecule is COC(C)CCC(=O)NOCC(C)C. The first-order valence-corrected chi connectivity index (χ1v) is 4.99. The lowest BCUT2D eigenvalue weighted by molar-refractivity contribution is -0.135. The summed E-state index contributed by atoms with van der Waals surface area (Å²) in [6, 6.07) is 0. The van der Waals surface area contributed by atoms with Crippen LogP contribution in [0.1, 0.15) is 33.6 Å². The van der Waals surface area contributed by atoms with Crippen LogP contribution < -0.4 is 5.48 Å². The minimum atomic E-state index is -0.0884. The number of ether oxygens (including phenoxy) is 1. The summed E-state index contributed by atoms with van der Waals surface area (Å²) in [6.45, 7) is 6.53. The predicted octanol–water partition coefficient (Wildman–Crippen LogP) is 1.51. The highest BCUT2D eigenvalue weighted by Gasteiger charge is 2.05. The maximum Gasteiger partial charge on any atom is 0.243 e. The number of carbonyl (C=O) groups is 1. The maximum atomic E-state index is 11.2. The standard InChI is InChI=1S/C10H21NO3/c1-8(2)7-14-11-10(12)6-5-9(3)13-4/h8-9H,5-7H2,1-4H3,(H,11,12). The molecule has 1 N–H and O–H groups in total. The fourth-order valence-electron chi connectivity index (χ4n) is 0.792. The Labute approximate surface area is 85.9 Å². The fraction of sp³-hybridized carbons (Fsp3) is 0.900. The van der Waals surface area contributed by atoms with Crippen molar-refractivity contribution in [2.24, 2.45) is 5.92 Å². The molecule has 0 heterocycles. The van der Waals surface area contributed by atoms with E-state index in [1.165, 1.54) is 0 Å². The van der Waals surface area contributed by atoms with Gasteiger partial charge in [0.25, 0.3) is 0 Å². The van der Waals surface area contributed by atoms with Crippen molar-refractivity contribution >= 4 is 5.91 Å². The van der Waals surface area contributed by atoms with Gasteiger partial charge < -0.3 is 4.74 Å². The summed E-state index contributed by atoms with van der Waals surface area (Å²) in [4.78, 5) is 16.1. The zero-order valence-electron chi connectivity index (χ0n) is 9.50. The summed E-state index contributed by atoms with van der Waals surface area (Å²) >= 11 is 0. The zero-order chi connectivity index (χ0) is 11.0. The van der Waals surface area contributed by atoms with Gasteiger partial charge in [0.2, 0.25) is 5.91 Å². The normalized spacial score (nSPS) is 12.9. The predicted molar refractivity (Wildman–Crippen MR) is 54.6 cm³/mol. The van der Waals surface area contributed by atoms with Crippen LogP contribution in [0.2, 0.25) is 0 Å². The summed E-state index contributed by atoms with van der Waals surface area (Å²) in [5.41, 5.74) is 2.40. The fourth-order valence-corrected chi connectivity index (χ4v) is 0.792. The summed E-state index contributed by atoms with van der Waals surface area (Å²) < 4.78 is 5.02. The van der Waals surface area contributed by atoms with Crippen LogP contribution in [0.5, 0.6) is 0 Å². The number of hydrogen-bond donors (Lipinski definition) is 1. The van der Waals surface area contributed by atoms with Crippen LogP contribution in [-0.4, -0.2) is 25.7 Å². The van der Waals surface area contributed by atoms with Crippen LogP contribution in [-0.2, 0) is 14.4 Å². The van der Waals surface area contributed by atoms with Crippen LogP contribution in [0.25, 0.3) is 0 Å². The first-order valence-electron chi connectivity index (χ1n) is 4.99. The second-order valence-corrected chi connectivity index (χ2v) is 3.82. The van der Waals surface area contributed by atoms with E-state index in [9.17, 15) is 4.79 Å². The Hall–Kier alpha value is -0.610. The topological polar surface area (TPSA) is 47.6 Å². The molecule has 0 aromatic rings. The number of hydrogen-bond acceptors (Lipinski definition) is 3. The highest BCUT2D eigenvalue weighted by atomic mass is 16.6. The number of rotatable bonds is 7. The molecule has 0 bridgehead atoms. The van der Waals surface area contributed by atoms with E-state index in [0.717, 1.165) is 0 Å². The average Bonchev–Trinajstić information content (AvgIpc) is 2.13. The lowest BCUT2D eigenvalue weighted by Gasteiger charge is -2.10. The van der Waals surface area contributed by atoms with Crippen LogP contribution >= 0.6 is 0 Å². The Morgan fingerprint density at radius 2 is 2.00 bits per heavy atom. The Morgan fingerprint density at radius 3 is 2.50 bits per heavy atom. The summed E-state index contributed by atoms with van der Waals surface area (Å²) in [5.74, 6) is 0.336. The third-order valence-corrected chi connectivity index (χ3v) is 1.78. The van der Waals surface area contributed by atoms with Crippen molar-refractivity contribution in [1.29, 1.82) is 0 Å². The first kappa shape index (κ1) is 13.4. The van der Waals surface area contributed by atoms with Crippen molar-refractivity contribution in [3.8, 4) is 0 Å². The molecule has 0 aromatic carbocycles. The van der Waals surface area contributed by atoms with Gasteiger partial charge in [-0.25, -0.2) is 5.48 Å². The van der Waals surface area contributed by atoms with Gasteiger partial charge in [-0.15, -0.1) is 0 Å². The summed E-state index contributed by atoms with van der Waals surface area (Å²) in [6.07, 6.45) is 1.27. The molecule has 0 saturated heterocycles. The van der Waals surface area contributed by atoms with E-state index in [0.29, 0.717) is 25.4 Å². The van der Waals surface area contributed by atoms with Gasteiger partial charge in [-0.3, -0.25) is 9.63 Å². The highest BCUT2D eigenvalue weighted by molar-refractivity contribution is 5.74. The van der Waals surface area contributed by atoms with Gasteiger partial charge in [0.05, 0.1) is 12.7 Å². The molecule has 0 aromatic heterocycles. The Balaban J connectivity index is 3.37. The van der Waals surface area contributed by atoms with Crippen molar-refractivity contribution in [2.45, 2.75) is 39.7 Å². The number of hydroxylamine groups is 1. The molecule has 1 amide bonds. The lowest BCUT2D eigenvalue weighted by atomic mass is 10.2. The molecule has 1 atom stereocenters. The minimum absolute atomic E-state index is 0.0884. The second-order valence-electron chi connectivity index (χ2n) is 3.82. The van der Waals surface area contributed by atoms with Crippen LogP contribution in [0, 0.1) is 5.92 Å². The molecule has 4 nitrogen and oxygen atoms in total. The zero-order valence-corrected chi connectivity index (χ0v) is 9.50. The number of nitrogens with one attached hydrogen (secondary N) is 1. The molecule has 0 aliphatic rings. The Morgan fingerprint density at radius 1 is 1.36 bits per heavy atom. The molecule has 1 unspecified atom stereocenters. The van der Waals surface area contributed by atoms with Crippen molar-refractivity contribution < 1.29 is 14.4 Å². The number of methoxy groups -OCH3 is 1. The van der Waals surface area contributed by atoms with E-state index in [2.05, 4.69) is 5.48 Å². The highest BCUT2D eigenvalue weighted by Crippen LogP contribution is 1.99. The van der Waals surface area contributed by atoms with Gasteiger partial charge in [-0.05, 0) is 19.3 Å². The van der Waals surface area contributed by atoms with Gasteiger partial charge in [0.1, 0.15) is 0 Å². The quantitative estimate of drug-likeness (QED) is 0.638. The van der Waals surface area contributed by atoms with E-state index >= 15 is 0 Å². The van der Waals surface area contributed by atoms with Gasteiger partial charge in [-0.1, -0.05) is 13.8 Å². The largest absolute Gasteiger partial charge is 0.382 e. The molecule has 0 spiro atoms. The Bertz CT molecular complexity index is 159. The van der Waals surface area contributed by atoms with E-state index in [1.807, 2.05) is 20.8 Å². The van der Waals surface area contributed by atoms with E-state index < -0.39 is 0 Å². The molecular formula is C10H21NO3. The molecule has 4 heteroatoms. The van der Waals surface area contributed by atoms with Crippen molar-refractivity contribution in [2.75, 3.05) is 13.7 Å². The van der Waals surface area contributed by atoms with Gasteiger partial charge in [-0.2, -0.15) is 0 Å². The number of amides is 1. The molecular weight excluding hydrogens is 182 g/mol. The first-order chi connectivity index (χ1) is 6.56. The van der Waals surface area contributed by atoms with E-state index in [4.69, 9.17) is 9.57 Å². The summed E-state index contributed by atoms with van der Waals surface area (Å²) in [7, 11) is 1.64. The molecule has 0 rings (SSSR count). The van der Waals surface area contributed by atoms with Crippen LogP contribution in [0.3, 0.4) is 0 Å². The van der Waals surface area contributed by atoms with Crippen LogP contribution in [0.15, 0.2) is 0 Å². The maximum absolute atomic E-state index is 11.2. The molecule has 0 aliphatic carbocycles. The van der Waals surface area contributed by atoms with Gasteiger partial charge in [0, 0.05) is 13.5 Å². The molecule has 0 radical (unpaired) electrons. The molecule has 0 fully saturated rings. The average molecular weight is 203 g/mol. The third-order valence-electron chi connectivity index (χ3n) is 1.78. The van der Waals surface area contributed by atoms with Crippen molar-refractivity contribution in [1.82, 2.24) is 5.48 Å². The monoisotopic (exact) mass is 203 g/mol. The van der Waals surface area contributed by atoms with E-state index in [-0.39, 0.29) is 12.0 Å². The number of carbonyl (C=O) groups excluding carboxylic acids is 1. The van der Waals surface area contributed by atoms with E-state index in [1.54, 1.807) is 7.11 Å². The smallest absolute Gasteiger partial charge is 0.243 e. The van der Waals surface area contributed by atoms with Crippen molar-refractivity contribution in [3.05, 3.63) is 0 Å². The van der Waals surface area contributed by atoms with Gasteiger partial charge >= 0.3 is 0 Å². The molecule has 84 valence electrons. The second kappa shape index (κ2) is 7.76.